The molecule has 0 bridgehead atoms. The quantitative estimate of drug-likeness (QED) is 0.716. The summed E-state index contributed by atoms with van der Waals surface area (Å²) in [6.45, 7) is 4.01. The Morgan fingerprint density at radius 1 is 1.47 bits per heavy atom. The molecule has 1 aromatic heterocycles. The summed E-state index contributed by atoms with van der Waals surface area (Å²) >= 11 is 1.13. The molecule has 0 aromatic carbocycles. The van der Waals surface area contributed by atoms with Crippen molar-refractivity contribution in [3.63, 3.8) is 0 Å². The molecule has 0 fully saturated rings. The molecule has 0 aliphatic heterocycles. The Hall–Kier alpha value is -1.76. The van der Waals surface area contributed by atoms with E-state index in [0.29, 0.717) is 10.6 Å². The first kappa shape index (κ1) is 15.3. The van der Waals surface area contributed by atoms with Crippen molar-refractivity contribution in [3.05, 3.63) is 10.4 Å². The van der Waals surface area contributed by atoms with Crippen LogP contribution in [0.1, 0.15) is 40.3 Å². The highest BCUT2D eigenvalue weighted by Crippen LogP contribution is 2.36. The highest BCUT2D eigenvalue weighted by molar-refractivity contribution is 7.19. The van der Waals surface area contributed by atoms with Gasteiger partial charge in [-0.25, -0.2) is 4.79 Å². The topological polar surface area (TPSA) is 93.4 Å². The van der Waals surface area contributed by atoms with E-state index < -0.39 is 5.97 Å². The lowest BCUT2D eigenvalue weighted by atomic mass is 10.2. The number of hydrogen-bond donors (Lipinski definition) is 3. The molecule has 0 aliphatic rings. The Kier molecular flexibility index (Phi) is 5.17. The number of amides is 1. The minimum atomic E-state index is -0.537. The van der Waals surface area contributed by atoms with E-state index in [1.807, 2.05) is 13.8 Å². The Bertz CT molecular complexity index is 485. The van der Waals surface area contributed by atoms with Crippen LogP contribution in [0.15, 0.2) is 0 Å². The van der Waals surface area contributed by atoms with Crippen molar-refractivity contribution in [3.8, 4) is 0 Å². The predicted molar refractivity (Wildman–Crippen MR) is 76.8 cm³/mol. The number of carbonyl (C=O) groups excluding carboxylic acids is 2. The van der Waals surface area contributed by atoms with Crippen molar-refractivity contribution in [2.24, 2.45) is 0 Å². The molecule has 1 rings (SSSR count). The van der Waals surface area contributed by atoms with Gasteiger partial charge in [-0.3, -0.25) is 4.79 Å². The fourth-order valence-corrected chi connectivity index (χ4v) is 2.61. The first-order chi connectivity index (χ1) is 8.96. The number of nitrogen functional groups attached to an aromatic ring is 1. The zero-order valence-electron chi connectivity index (χ0n) is 11.5. The summed E-state index contributed by atoms with van der Waals surface area (Å²) in [7, 11) is 2.80. The maximum absolute atomic E-state index is 11.9. The van der Waals surface area contributed by atoms with Crippen molar-refractivity contribution in [2.75, 3.05) is 25.2 Å². The van der Waals surface area contributed by atoms with Crippen molar-refractivity contribution < 1.29 is 14.3 Å². The van der Waals surface area contributed by atoms with Crippen LogP contribution < -0.4 is 16.4 Å². The average molecular weight is 285 g/mol. The highest BCUT2D eigenvalue weighted by Gasteiger charge is 2.25. The van der Waals surface area contributed by atoms with Crippen molar-refractivity contribution >= 4 is 33.9 Å². The number of hydrogen-bond acceptors (Lipinski definition) is 6. The van der Waals surface area contributed by atoms with Crippen LogP contribution in [0.3, 0.4) is 0 Å². The van der Waals surface area contributed by atoms with E-state index in [2.05, 4.69) is 15.4 Å². The summed E-state index contributed by atoms with van der Waals surface area (Å²) in [6, 6.07) is 0.173. The number of thiophene rings is 1. The largest absolute Gasteiger partial charge is 0.465 e. The Labute approximate surface area is 116 Å². The van der Waals surface area contributed by atoms with Gasteiger partial charge in [0.2, 0.25) is 0 Å². The first-order valence-corrected chi connectivity index (χ1v) is 6.77. The Balaban J connectivity index is 3.27. The van der Waals surface area contributed by atoms with Crippen LogP contribution >= 0.6 is 11.3 Å². The smallest absolute Gasteiger partial charge is 0.350 e. The maximum Gasteiger partial charge on any atom is 0.350 e. The summed E-state index contributed by atoms with van der Waals surface area (Å²) in [4.78, 5) is 23.7. The molecular weight excluding hydrogens is 266 g/mol. The van der Waals surface area contributed by atoms with Crippen LogP contribution in [-0.2, 0) is 4.74 Å². The predicted octanol–water partition coefficient (Wildman–Crippen LogP) is 1.69. The second-order valence-corrected chi connectivity index (χ2v) is 5.09. The standard InChI is InChI=1S/C12H19N3O3S/c1-5-6(2)15-11-7(10(16)14-3)8(13)9(19-11)12(17)18-4/h6,15H,5,13H2,1-4H3,(H,14,16). The van der Waals surface area contributed by atoms with Gasteiger partial charge in [0, 0.05) is 13.1 Å². The molecule has 1 heterocycles. The third-order valence-corrected chi connectivity index (χ3v) is 3.88. The van der Waals surface area contributed by atoms with Crippen molar-refractivity contribution in [1.82, 2.24) is 5.32 Å². The maximum atomic E-state index is 11.9. The Morgan fingerprint density at radius 2 is 2.11 bits per heavy atom. The number of esters is 1. The number of nitrogens with one attached hydrogen (secondary N) is 2. The van der Waals surface area contributed by atoms with Crippen LogP contribution in [0.5, 0.6) is 0 Å². The second kappa shape index (κ2) is 6.42. The highest BCUT2D eigenvalue weighted by atomic mass is 32.1. The molecule has 106 valence electrons. The third kappa shape index (κ3) is 3.17. The van der Waals surface area contributed by atoms with E-state index in [-0.39, 0.29) is 22.5 Å². The molecule has 0 radical (unpaired) electrons. The molecule has 0 aliphatic carbocycles. The fraction of sp³-hybridized carbons (Fsp3) is 0.500. The van der Waals surface area contributed by atoms with Crippen molar-refractivity contribution in [2.45, 2.75) is 26.3 Å². The average Bonchev–Trinajstić information content (AvgIpc) is 2.73. The number of carbonyl (C=O) groups is 2. The van der Waals surface area contributed by atoms with Crippen LogP contribution in [0, 0.1) is 0 Å². The summed E-state index contributed by atoms with van der Waals surface area (Å²) in [6.07, 6.45) is 0.887. The van der Waals surface area contributed by atoms with Gasteiger partial charge in [0.1, 0.15) is 9.88 Å². The van der Waals surface area contributed by atoms with Gasteiger partial charge in [0.05, 0.1) is 18.4 Å². The number of rotatable bonds is 5. The van der Waals surface area contributed by atoms with E-state index in [9.17, 15) is 9.59 Å². The molecule has 0 saturated heterocycles. The molecule has 1 aromatic rings. The monoisotopic (exact) mass is 285 g/mol. The molecule has 0 saturated carbocycles. The normalized spacial score (nSPS) is 11.8. The van der Waals surface area contributed by atoms with Crippen LogP contribution in [0.4, 0.5) is 10.7 Å². The fourth-order valence-electron chi connectivity index (χ4n) is 1.47. The number of anilines is 2. The second-order valence-electron chi connectivity index (χ2n) is 4.07. The Morgan fingerprint density at radius 3 is 2.58 bits per heavy atom. The summed E-state index contributed by atoms with van der Waals surface area (Å²) in [5, 5.41) is 6.29. The molecule has 6 nitrogen and oxygen atoms in total. The molecule has 4 N–H and O–H groups in total. The summed E-state index contributed by atoms with van der Waals surface area (Å²) in [5.41, 5.74) is 6.34. The zero-order chi connectivity index (χ0) is 14.6. The molecule has 1 unspecified atom stereocenters. The molecular formula is C12H19N3O3S. The van der Waals surface area contributed by atoms with Crippen LogP contribution in [0.25, 0.3) is 0 Å². The van der Waals surface area contributed by atoms with E-state index in [1.54, 1.807) is 0 Å². The van der Waals surface area contributed by atoms with E-state index in [4.69, 9.17) is 5.73 Å². The van der Waals surface area contributed by atoms with E-state index in [0.717, 1.165) is 17.8 Å². The molecule has 19 heavy (non-hydrogen) atoms. The van der Waals surface area contributed by atoms with Crippen LogP contribution in [0.2, 0.25) is 0 Å². The van der Waals surface area contributed by atoms with Gasteiger partial charge in [-0.2, -0.15) is 0 Å². The third-order valence-electron chi connectivity index (χ3n) is 2.76. The number of nitrogens with two attached hydrogens (primary N) is 1. The lowest BCUT2D eigenvalue weighted by molar-refractivity contribution is 0.0607. The van der Waals surface area contributed by atoms with Gasteiger partial charge in [-0.1, -0.05) is 6.92 Å². The van der Waals surface area contributed by atoms with Gasteiger partial charge in [-0.15, -0.1) is 11.3 Å². The van der Waals surface area contributed by atoms with Crippen molar-refractivity contribution in [1.29, 1.82) is 0 Å². The molecule has 1 amide bonds. The van der Waals surface area contributed by atoms with E-state index in [1.165, 1.54) is 14.2 Å². The molecule has 0 spiro atoms. The van der Waals surface area contributed by atoms with Gasteiger partial charge in [-0.05, 0) is 13.3 Å². The van der Waals surface area contributed by atoms with Gasteiger partial charge in [0.25, 0.3) is 5.91 Å². The minimum absolute atomic E-state index is 0.155. The molecule has 7 heteroatoms. The number of ether oxygens (including phenoxy) is 1. The SMILES string of the molecule is CCC(C)Nc1sc(C(=O)OC)c(N)c1C(=O)NC. The van der Waals surface area contributed by atoms with Gasteiger partial charge < -0.3 is 21.1 Å². The lowest BCUT2D eigenvalue weighted by Gasteiger charge is -2.12. The number of methoxy groups -OCH3 is 1. The van der Waals surface area contributed by atoms with Gasteiger partial charge in [0.15, 0.2) is 0 Å². The van der Waals surface area contributed by atoms with Crippen LogP contribution in [-0.4, -0.2) is 32.1 Å². The van der Waals surface area contributed by atoms with E-state index >= 15 is 0 Å². The lowest BCUT2D eigenvalue weighted by Crippen LogP contribution is -2.22. The molecule has 1 atom stereocenters. The zero-order valence-corrected chi connectivity index (χ0v) is 12.3. The van der Waals surface area contributed by atoms with Gasteiger partial charge >= 0.3 is 5.97 Å². The summed E-state index contributed by atoms with van der Waals surface area (Å²) in [5.74, 6) is -0.862. The first-order valence-electron chi connectivity index (χ1n) is 5.95. The summed E-state index contributed by atoms with van der Waals surface area (Å²) < 4.78 is 4.66. The minimum Gasteiger partial charge on any atom is -0.465 e.